The molecule has 0 radical (unpaired) electrons. The van der Waals surface area contributed by atoms with Crippen LogP contribution in [0.5, 0.6) is 0 Å². The topological polar surface area (TPSA) is 0 Å². The summed E-state index contributed by atoms with van der Waals surface area (Å²) in [6.07, 6.45) is 0. The van der Waals surface area contributed by atoms with Gasteiger partial charge >= 0.3 is 0 Å². The van der Waals surface area contributed by atoms with E-state index in [0.29, 0.717) is 0 Å². The average molecular weight is 637 g/mol. The minimum absolute atomic E-state index is 0.0240. The highest BCUT2D eigenvalue weighted by Crippen LogP contribution is 2.60. The van der Waals surface area contributed by atoms with E-state index in [2.05, 4.69) is 173 Å². The lowest BCUT2D eigenvalue weighted by Gasteiger charge is -2.25. The molecular weight excluding hydrogens is 601 g/mol. The Morgan fingerprint density at radius 1 is 0.320 bits per heavy atom. The maximum absolute atomic E-state index is 2.53. The van der Waals surface area contributed by atoms with Gasteiger partial charge in [0, 0.05) is 10.8 Å². The molecule has 0 amide bonds. The normalized spacial score (nSPS) is 15.1. The van der Waals surface area contributed by atoms with Gasteiger partial charge in [-0.15, -0.1) is 0 Å². The van der Waals surface area contributed by atoms with E-state index in [1.54, 1.807) is 0 Å². The predicted molar refractivity (Wildman–Crippen MR) is 212 cm³/mol. The molecule has 0 heteroatoms. The average Bonchev–Trinajstić information content (AvgIpc) is 3.68. The van der Waals surface area contributed by atoms with Crippen molar-refractivity contribution in [2.24, 2.45) is 0 Å². The molecule has 0 bridgehead atoms. The summed E-state index contributed by atoms with van der Waals surface area (Å²) in [7, 11) is 0. The molecule has 0 unspecified atom stereocenters. The van der Waals surface area contributed by atoms with Crippen molar-refractivity contribution in [1.82, 2.24) is 0 Å². The lowest BCUT2D eigenvalue weighted by Crippen LogP contribution is -2.17. The van der Waals surface area contributed by atoms with Crippen LogP contribution in [0.3, 0.4) is 0 Å². The Bertz CT molecular complexity index is 2790. The van der Waals surface area contributed by atoms with Crippen LogP contribution in [-0.2, 0) is 10.8 Å². The first kappa shape index (κ1) is 28.2. The zero-order chi connectivity index (χ0) is 33.5. The fraction of sp³-hybridized carbons (Fsp3) is 0.120. The summed E-state index contributed by atoms with van der Waals surface area (Å²) in [5, 5.41) is 5.27. The van der Waals surface area contributed by atoms with Gasteiger partial charge in [-0.2, -0.15) is 0 Å². The van der Waals surface area contributed by atoms with E-state index in [9.17, 15) is 0 Å². The quantitative estimate of drug-likeness (QED) is 0.177. The maximum atomic E-state index is 2.53. The van der Waals surface area contributed by atoms with E-state index in [1.807, 2.05) is 0 Å². The molecule has 3 aliphatic rings. The van der Waals surface area contributed by atoms with Crippen molar-refractivity contribution < 1.29 is 0 Å². The van der Waals surface area contributed by atoms with Gasteiger partial charge in [-0.3, -0.25) is 0 Å². The van der Waals surface area contributed by atoms with Gasteiger partial charge in [-0.05, 0) is 129 Å². The molecule has 0 atom stereocenters. The van der Waals surface area contributed by atoms with E-state index < -0.39 is 0 Å². The molecule has 0 saturated carbocycles. The highest BCUT2D eigenvalue weighted by atomic mass is 14.4. The fourth-order valence-electron chi connectivity index (χ4n) is 10.0. The SMILES string of the molecule is CC1(C)c2ccccc2-c2cc3c(cc21)-c1ccc(-c2c4c(c(-c5ccccc5)c5ccccc25)-c2cccc5cccc-4c25)cc1C3(C)C. The Labute approximate surface area is 293 Å². The fourth-order valence-corrected chi connectivity index (χ4v) is 10.0. The number of benzene rings is 8. The molecule has 0 N–H and O–H groups in total. The molecule has 0 spiro atoms. The molecule has 11 rings (SSSR count). The number of fused-ring (bicyclic) bond motifs is 10. The summed E-state index contributed by atoms with van der Waals surface area (Å²) in [5.74, 6) is 0. The molecule has 0 aliphatic heterocycles. The van der Waals surface area contributed by atoms with Crippen LogP contribution in [0.4, 0.5) is 0 Å². The Kier molecular flexibility index (Phi) is 5.34. The Balaban J connectivity index is 1.20. The Hall–Kier alpha value is -5.72. The standard InChI is InChI=1S/C50H36/c1-49(2)40-23-11-10-18-32(40)38-27-43-39(28-42(38)49)33-25-24-31(26-41(33)50(43,3)4)46-35-20-9-8-19-34(35)45(30-14-6-5-7-15-30)47-36-21-12-16-29-17-13-22-37(44(29)36)48(46)47/h5-28H,1-4H3. The highest BCUT2D eigenvalue weighted by Gasteiger charge is 2.42. The van der Waals surface area contributed by atoms with Crippen molar-refractivity contribution in [3.63, 3.8) is 0 Å². The maximum Gasteiger partial charge on any atom is 0.0159 e. The third-order valence-corrected chi connectivity index (χ3v) is 12.4. The minimum atomic E-state index is -0.136. The van der Waals surface area contributed by atoms with E-state index in [1.165, 1.54) is 111 Å². The summed E-state index contributed by atoms with van der Waals surface area (Å²) >= 11 is 0. The van der Waals surface area contributed by atoms with Crippen LogP contribution in [0.15, 0.2) is 146 Å². The van der Waals surface area contributed by atoms with Gasteiger partial charge in [0.15, 0.2) is 0 Å². The molecule has 0 nitrogen and oxygen atoms in total. The van der Waals surface area contributed by atoms with Crippen molar-refractivity contribution in [3.05, 3.63) is 168 Å². The van der Waals surface area contributed by atoms with Crippen LogP contribution in [0, 0.1) is 0 Å². The first-order chi connectivity index (χ1) is 24.3. The molecule has 0 heterocycles. The molecule has 0 aromatic heterocycles. The van der Waals surface area contributed by atoms with Crippen molar-refractivity contribution in [3.8, 4) is 66.8 Å². The molecule has 8 aromatic rings. The van der Waals surface area contributed by atoms with Crippen molar-refractivity contribution in [1.29, 1.82) is 0 Å². The number of rotatable bonds is 2. The van der Waals surface area contributed by atoms with Gasteiger partial charge in [0.1, 0.15) is 0 Å². The summed E-state index contributed by atoms with van der Waals surface area (Å²) in [6.45, 7) is 9.63. The summed E-state index contributed by atoms with van der Waals surface area (Å²) in [4.78, 5) is 0. The van der Waals surface area contributed by atoms with Gasteiger partial charge in [0.25, 0.3) is 0 Å². The first-order valence-corrected chi connectivity index (χ1v) is 17.9. The first-order valence-electron chi connectivity index (χ1n) is 17.9. The lowest BCUT2D eigenvalue weighted by atomic mass is 9.78. The van der Waals surface area contributed by atoms with E-state index in [4.69, 9.17) is 0 Å². The van der Waals surface area contributed by atoms with Gasteiger partial charge in [-0.25, -0.2) is 0 Å². The molecule has 50 heavy (non-hydrogen) atoms. The van der Waals surface area contributed by atoms with Crippen LogP contribution in [0.2, 0.25) is 0 Å². The third-order valence-electron chi connectivity index (χ3n) is 12.4. The molecule has 3 aliphatic carbocycles. The largest absolute Gasteiger partial charge is 0.0622 e. The van der Waals surface area contributed by atoms with E-state index in [-0.39, 0.29) is 10.8 Å². The lowest BCUT2D eigenvalue weighted by molar-refractivity contribution is 0.652. The van der Waals surface area contributed by atoms with Crippen LogP contribution < -0.4 is 0 Å². The second kappa shape index (κ2) is 9.49. The van der Waals surface area contributed by atoms with Crippen molar-refractivity contribution in [2.75, 3.05) is 0 Å². The van der Waals surface area contributed by atoms with Crippen LogP contribution in [0.1, 0.15) is 49.9 Å². The van der Waals surface area contributed by atoms with Gasteiger partial charge in [0.05, 0.1) is 0 Å². The van der Waals surface area contributed by atoms with Gasteiger partial charge in [-0.1, -0.05) is 155 Å². The molecule has 8 aromatic carbocycles. The number of hydrogen-bond acceptors (Lipinski definition) is 0. The second-order valence-electron chi connectivity index (χ2n) is 15.6. The smallest absolute Gasteiger partial charge is 0.0159 e. The highest BCUT2D eigenvalue weighted by molar-refractivity contribution is 6.27. The minimum Gasteiger partial charge on any atom is -0.0622 e. The van der Waals surface area contributed by atoms with Gasteiger partial charge < -0.3 is 0 Å². The zero-order valence-corrected chi connectivity index (χ0v) is 28.9. The molecule has 0 fully saturated rings. The summed E-state index contributed by atoms with van der Waals surface area (Å²) < 4.78 is 0. The van der Waals surface area contributed by atoms with Crippen molar-refractivity contribution >= 4 is 21.5 Å². The van der Waals surface area contributed by atoms with Crippen LogP contribution >= 0.6 is 0 Å². The van der Waals surface area contributed by atoms with Crippen molar-refractivity contribution in [2.45, 2.75) is 38.5 Å². The van der Waals surface area contributed by atoms with E-state index >= 15 is 0 Å². The van der Waals surface area contributed by atoms with Crippen LogP contribution in [0.25, 0.3) is 88.3 Å². The third kappa shape index (κ3) is 3.41. The summed E-state index contributed by atoms with van der Waals surface area (Å²) in [6, 6.07) is 55.2. The molecule has 236 valence electrons. The Morgan fingerprint density at radius 3 is 1.48 bits per heavy atom. The molecular formula is C50H36. The van der Waals surface area contributed by atoms with E-state index in [0.717, 1.165) is 0 Å². The summed E-state index contributed by atoms with van der Waals surface area (Å²) in [5.41, 5.74) is 21.7. The van der Waals surface area contributed by atoms with Crippen LogP contribution in [-0.4, -0.2) is 0 Å². The zero-order valence-electron chi connectivity index (χ0n) is 28.9. The predicted octanol–water partition coefficient (Wildman–Crippen LogP) is 13.6. The second-order valence-corrected chi connectivity index (χ2v) is 15.6. The number of hydrogen-bond donors (Lipinski definition) is 0. The molecule has 0 saturated heterocycles. The van der Waals surface area contributed by atoms with Gasteiger partial charge in [0.2, 0.25) is 0 Å². The monoisotopic (exact) mass is 636 g/mol. The Morgan fingerprint density at radius 2 is 0.820 bits per heavy atom.